The van der Waals surface area contributed by atoms with Gasteiger partial charge >= 0.3 is 0 Å². The van der Waals surface area contributed by atoms with E-state index in [1.165, 1.54) is 0 Å². The maximum absolute atomic E-state index is 12.6. The largest absolute Gasteiger partial charge is 0.360 e. The van der Waals surface area contributed by atoms with Crippen molar-refractivity contribution in [2.24, 2.45) is 0 Å². The van der Waals surface area contributed by atoms with Crippen LogP contribution in [0.2, 0.25) is 0 Å². The van der Waals surface area contributed by atoms with Gasteiger partial charge in [-0.3, -0.25) is 9.59 Å². The van der Waals surface area contributed by atoms with E-state index >= 15 is 0 Å². The molecular formula is C21H19N7O3. The van der Waals surface area contributed by atoms with Crippen LogP contribution in [0.1, 0.15) is 21.7 Å². The molecule has 0 bridgehead atoms. The van der Waals surface area contributed by atoms with Gasteiger partial charge in [0.25, 0.3) is 5.91 Å². The van der Waals surface area contributed by atoms with E-state index < -0.39 is 0 Å². The summed E-state index contributed by atoms with van der Waals surface area (Å²) >= 11 is 0. The van der Waals surface area contributed by atoms with E-state index in [0.29, 0.717) is 28.4 Å². The Balaban J connectivity index is 1.48. The molecule has 4 rings (SSSR count). The summed E-state index contributed by atoms with van der Waals surface area (Å²) in [6.45, 7) is 3.49. The van der Waals surface area contributed by atoms with Crippen LogP contribution in [-0.2, 0) is 11.3 Å². The van der Waals surface area contributed by atoms with Crippen LogP contribution in [0.5, 0.6) is 0 Å². The van der Waals surface area contributed by atoms with E-state index in [1.807, 2.05) is 19.1 Å². The minimum absolute atomic E-state index is 0.156. The lowest BCUT2D eigenvalue weighted by molar-refractivity contribution is -0.117. The van der Waals surface area contributed by atoms with Gasteiger partial charge in [0.2, 0.25) is 11.7 Å². The minimum Gasteiger partial charge on any atom is -0.360 e. The maximum atomic E-state index is 12.6. The number of carbonyl (C=O) groups excluding carboxylic acids is 2. The first-order valence-corrected chi connectivity index (χ1v) is 9.46. The van der Waals surface area contributed by atoms with Crippen LogP contribution in [0.25, 0.3) is 11.4 Å². The summed E-state index contributed by atoms with van der Waals surface area (Å²) in [5, 5.41) is 21.4. The number of carbonyl (C=O) groups is 2. The minimum atomic E-state index is -0.377. The van der Waals surface area contributed by atoms with Crippen molar-refractivity contribution < 1.29 is 14.1 Å². The maximum Gasteiger partial charge on any atom is 0.255 e. The summed E-state index contributed by atoms with van der Waals surface area (Å²) in [7, 11) is 0. The third-order valence-corrected chi connectivity index (χ3v) is 4.33. The van der Waals surface area contributed by atoms with Crippen molar-refractivity contribution in [3.05, 3.63) is 71.5 Å². The first-order chi connectivity index (χ1) is 15.0. The summed E-state index contributed by atoms with van der Waals surface area (Å²) < 4.78 is 4.91. The molecule has 0 unspecified atom stereocenters. The van der Waals surface area contributed by atoms with Gasteiger partial charge in [-0.15, -0.1) is 10.2 Å². The van der Waals surface area contributed by atoms with Crippen LogP contribution in [0, 0.1) is 13.8 Å². The highest BCUT2D eigenvalue weighted by Gasteiger charge is 2.15. The quantitative estimate of drug-likeness (QED) is 0.494. The Morgan fingerprint density at radius 3 is 2.65 bits per heavy atom. The number of aryl methyl sites for hydroxylation is 2. The molecule has 31 heavy (non-hydrogen) atoms. The SMILES string of the molecule is Cc1cccc(C(=O)Nc2ccccc2-c2nnn(CC(=O)Nc3cc(C)on3)n2)c1. The van der Waals surface area contributed by atoms with Crippen LogP contribution < -0.4 is 10.6 Å². The molecule has 0 atom stereocenters. The number of hydrogen-bond acceptors (Lipinski definition) is 7. The molecule has 0 aliphatic heterocycles. The monoisotopic (exact) mass is 417 g/mol. The number of anilines is 2. The molecule has 0 radical (unpaired) electrons. The number of nitrogens with one attached hydrogen (secondary N) is 2. The van der Waals surface area contributed by atoms with Crippen LogP contribution in [0.4, 0.5) is 11.5 Å². The molecular weight excluding hydrogens is 398 g/mol. The molecule has 10 nitrogen and oxygen atoms in total. The molecule has 4 aromatic rings. The zero-order chi connectivity index (χ0) is 21.8. The number of amides is 2. The molecule has 2 N–H and O–H groups in total. The summed E-state index contributed by atoms with van der Waals surface area (Å²) in [5.41, 5.74) is 2.66. The molecule has 0 aliphatic rings. The second-order valence-electron chi connectivity index (χ2n) is 6.88. The van der Waals surface area contributed by atoms with Crippen molar-refractivity contribution >= 4 is 23.3 Å². The lowest BCUT2D eigenvalue weighted by Gasteiger charge is -2.09. The van der Waals surface area contributed by atoms with Gasteiger partial charge in [0.05, 0.1) is 5.69 Å². The zero-order valence-electron chi connectivity index (χ0n) is 16.9. The lowest BCUT2D eigenvalue weighted by Crippen LogP contribution is -2.20. The van der Waals surface area contributed by atoms with Crippen molar-refractivity contribution in [3.63, 3.8) is 0 Å². The number of hydrogen-bond donors (Lipinski definition) is 2. The molecule has 0 aliphatic carbocycles. The number of benzene rings is 2. The Hall–Kier alpha value is -4.34. The van der Waals surface area contributed by atoms with Gasteiger partial charge in [0.15, 0.2) is 5.82 Å². The predicted molar refractivity (Wildman–Crippen MR) is 112 cm³/mol. The lowest BCUT2D eigenvalue weighted by atomic mass is 10.1. The van der Waals surface area contributed by atoms with Crippen molar-refractivity contribution in [3.8, 4) is 11.4 Å². The first-order valence-electron chi connectivity index (χ1n) is 9.46. The Labute approximate surface area is 177 Å². The second kappa shape index (κ2) is 8.57. The third kappa shape index (κ3) is 4.81. The number of rotatable bonds is 6. The highest BCUT2D eigenvalue weighted by atomic mass is 16.5. The molecule has 2 aromatic heterocycles. The van der Waals surface area contributed by atoms with Gasteiger partial charge in [0, 0.05) is 17.2 Å². The smallest absolute Gasteiger partial charge is 0.255 e. The van der Waals surface area contributed by atoms with E-state index in [2.05, 4.69) is 31.2 Å². The van der Waals surface area contributed by atoms with Gasteiger partial charge < -0.3 is 15.2 Å². The summed E-state index contributed by atoms with van der Waals surface area (Å²) in [6, 6.07) is 16.0. The second-order valence-corrected chi connectivity index (χ2v) is 6.88. The fraction of sp³-hybridized carbons (Fsp3) is 0.143. The van der Waals surface area contributed by atoms with E-state index in [1.54, 1.807) is 49.4 Å². The average Bonchev–Trinajstić information content (AvgIpc) is 3.37. The Bertz CT molecular complexity index is 1250. The molecule has 2 amide bonds. The predicted octanol–water partition coefficient (Wildman–Crippen LogP) is 2.84. The van der Waals surface area contributed by atoms with Gasteiger partial charge in [-0.05, 0) is 43.3 Å². The molecule has 0 saturated carbocycles. The van der Waals surface area contributed by atoms with Gasteiger partial charge in [-0.1, -0.05) is 35.0 Å². The van der Waals surface area contributed by atoms with Crippen LogP contribution in [0.3, 0.4) is 0 Å². The average molecular weight is 417 g/mol. The van der Waals surface area contributed by atoms with E-state index in [0.717, 1.165) is 10.4 Å². The summed E-state index contributed by atoms with van der Waals surface area (Å²) in [4.78, 5) is 26.0. The van der Waals surface area contributed by atoms with Crippen molar-refractivity contribution in [2.75, 3.05) is 10.6 Å². The molecule has 2 heterocycles. The Kier molecular flexibility index (Phi) is 5.52. The van der Waals surface area contributed by atoms with E-state index in [4.69, 9.17) is 4.52 Å². The zero-order valence-corrected chi connectivity index (χ0v) is 16.9. The van der Waals surface area contributed by atoms with Crippen LogP contribution in [-0.4, -0.2) is 37.2 Å². The van der Waals surface area contributed by atoms with Crippen LogP contribution >= 0.6 is 0 Å². The van der Waals surface area contributed by atoms with Crippen molar-refractivity contribution in [1.29, 1.82) is 0 Å². The molecule has 0 spiro atoms. The molecule has 0 saturated heterocycles. The third-order valence-electron chi connectivity index (χ3n) is 4.33. The fourth-order valence-corrected chi connectivity index (χ4v) is 2.92. The summed E-state index contributed by atoms with van der Waals surface area (Å²) in [5.74, 6) is 0.558. The Morgan fingerprint density at radius 2 is 1.87 bits per heavy atom. The van der Waals surface area contributed by atoms with Gasteiger partial charge in [-0.2, -0.15) is 4.80 Å². The molecule has 2 aromatic carbocycles. The molecule has 0 fully saturated rings. The highest BCUT2D eigenvalue weighted by molar-refractivity contribution is 6.06. The summed E-state index contributed by atoms with van der Waals surface area (Å²) in [6.07, 6.45) is 0. The molecule has 10 heteroatoms. The van der Waals surface area contributed by atoms with Crippen molar-refractivity contribution in [1.82, 2.24) is 25.4 Å². The van der Waals surface area contributed by atoms with Gasteiger partial charge in [0.1, 0.15) is 12.3 Å². The number of aromatic nitrogens is 5. The van der Waals surface area contributed by atoms with Crippen molar-refractivity contribution in [2.45, 2.75) is 20.4 Å². The Morgan fingerprint density at radius 1 is 1.03 bits per heavy atom. The first kappa shape index (κ1) is 20.0. The van der Waals surface area contributed by atoms with Crippen LogP contribution in [0.15, 0.2) is 59.1 Å². The topological polar surface area (TPSA) is 128 Å². The standard InChI is InChI=1S/C21H19N7O3/c1-13-6-5-7-15(10-13)21(30)22-17-9-4-3-8-16(17)20-24-27-28(25-20)12-19(29)23-18-11-14(2)31-26-18/h3-11H,12H2,1-2H3,(H,22,30)(H,23,26,29). The van der Waals surface area contributed by atoms with E-state index in [-0.39, 0.29) is 24.2 Å². The molecule has 156 valence electrons. The highest BCUT2D eigenvalue weighted by Crippen LogP contribution is 2.25. The fourth-order valence-electron chi connectivity index (χ4n) is 2.92. The van der Waals surface area contributed by atoms with Gasteiger partial charge in [-0.25, -0.2) is 0 Å². The normalized spacial score (nSPS) is 10.6. The number of nitrogens with zero attached hydrogens (tertiary/aromatic N) is 5. The number of para-hydroxylation sites is 1. The van der Waals surface area contributed by atoms with E-state index in [9.17, 15) is 9.59 Å². The number of tetrazole rings is 1.